The molecule has 0 fully saturated rings. The SMILES string of the molecule is COc1cc(/C=C/C(O)=C/C(=O)/C=C/c2ccc(N(C)C)cc2)ccc1OC/C(C=NCCOc1ccc(C=O)cc1)=N/N. The number of hydrazone groups is 1. The third-order valence-corrected chi connectivity index (χ3v) is 6.06. The molecule has 228 valence electrons. The highest BCUT2D eigenvalue weighted by molar-refractivity contribution is 6.31. The van der Waals surface area contributed by atoms with Crippen LogP contribution in [-0.2, 0) is 4.79 Å². The number of carbonyl (C=O) groups is 2. The molecule has 0 bridgehead atoms. The normalized spacial score (nSPS) is 12.2. The van der Waals surface area contributed by atoms with Crippen molar-refractivity contribution in [2.75, 3.05) is 45.9 Å². The van der Waals surface area contributed by atoms with E-state index in [9.17, 15) is 14.7 Å². The number of allylic oxidation sites excluding steroid dienone is 3. The highest BCUT2D eigenvalue weighted by Crippen LogP contribution is 2.28. The maximum absolute atomic E-state index is 12.2. The van der Waals surface area contributed by atoms with Gasteiger partial charge in [0.05, 0.1) is 13.7 Å². The smallest absolute Gasteiger partial charge is 0.182 e. The molecule has 0 saturated heterocycles. The standard InChI is InChI=1S/C34H36N4O6/c1-38(2)29-11-4-25(5-12-29)6-13-30(40)21-31(41)14-7-26-10-17-33(34(20-26)42-3)44-24-28(37-35)22-36-18-19-43-32-15-8-27(23-39)9-16-32/h4-17,20-23,41H,18-19,24,35H2,1-3H3/b13-6+,14-7+,31-21-,36-22?,37-28+. The molecule has 0 aromatic heterocycles. The van der Waals surface area contributed by atoms with Crippen LogP contribution < -0.4 is 25.0 Å². The van der Waals surface area contributed by atoms with Crippen molar-refractivity contribution in [2.24, 2.45) is 15.9 Å². The van der Waals surface area contributed by atoms with Crippen molar-refractivity contribution in [3.63, 3.8) is 0 Å². The number of hydrogen-bond donors (Lipinski definition) is 2. The van der Waals surface area contributed by atoms with Gasteiger partial charge in [0.2, 0.25) is 0 Å². The van der Waals surface area contributed by atoms with Gasteiger partial charge in [-0.15, -0.1) is 0 Å². The van der Waals surface area contributed by atoms with E-state index in [0.717, 1.165) is 23.6 Å². The van der Waals surface area contributed by atoms with E-state index >= 15 is 0 Å². The quantitative estimate of drug-likeness (QED) is 0.0339. The summed E-state index contributed by atoms with van der Waals surface area (Å²) < 4.78 is 16.9. The number of ether oxygens (including phenoxy) is 3. The average molecular weight is 597 g/mol. The Morgan fingerprint density at radius 1 is 0.909 bits per heavy atom. The molecule has 3 rings (SSSR count). The van der Waals surface area contributed by atoms with E-state index < -0.39 is 0 Å². The molecule has 0 aliphatic carbocycles. The summed E-state index contributed by atoms with van der Waals surface area (Å²) in [7, 11) is 5.43. The molecule has 0 atom stereocenters. The van der Waals surface area contributed by atoms with Gasteiger partial charge in [-0.25, -0.2) is 0 Å². The molecule has 0 saturated carbocycles. The number of methoxy groups -OCH3 is 1. The van der Waals surface area contributed by atoms with Gasteiger partial charge in [-0.2, -0.15) is 5.10 Å². The summed E-state index contributed by atoms with van der Waals surface area (Å²) in [6.07, 6.45) is 9.59. The summed E-state index contributed by atoms with van der Waals surface area (Å²) >= 11 is 0. The van der Waals surface area contributed by atoms with Crippen molar-refractivity contribution in [1.82, 2.24) is 0 Å². The van der Waals surface area contributed by atoms with Crippen molar-refractivity contribution in [3.8, 4) is 17.2 Å². The Balaban J connectivity index is 1.49. The largest absolute Gasteiger partial charge is 0.508 e. The van der Waals surface area contributed by atoms with Crippen molar-refractivity contribution in [1.29, 1.82) is 0 Å². The average Bonchev–Trinajstić information content (AvgIpc) is 3.04. The molecular formula is C34H36N4O6. The lowest BCUT2D eigenvalue weighted by Gasteiger charge is -2.11. The number of aliphatic hydroxyl groups excluding tert-OH is 1. The molecule has 3 aromatic carbocycles. The van der Waals surface area contributed by atoms with Crippen molar-refractivity contribution in [2.45, 2.75) is 0 Å². The number of ketones is 1. The Morgan fingerprint density at radius 3 is 2.25 bits per heavy atom. The van der Waals surface area contributed by atoms with Gasteiger partial charge in [-0.1, -0.05) is 30.4 Å². The van der Waals surface area contributed by atoms with E-state index in [0.29, 0.717) is 47.2 Å². The summed E-state index contributed by atoms with van der Waals surface area (Å²) in [6.45, 7) is 0.755. The zero-order valence-electron chi connectivity index (χ0n) is 24.9. The Hall–Kier alpha value is -5.64. The molecule has 44 heavy (non-hydrogen) atoms. The lowest BCUT2D eigenvalue weighted by Crippen LogP contribution is -2.16. The number of benzene rings is 3. The first kappa shape index (κ1) is 32.9. The van der Waals surface area contributed by atoms with E-state index in [1.54, 1.807) is 54.6 Å². The van der Waals surface area contributed by atoms with E-state index in [1.165, 1.54) is 25.5 Å². The molecule has 0 heterocycles. The third-order valence-electron chi connectivity index (χ3n) is 6.06. The minimum atomic E-state index is -0.344. The van der Waals surface area contributed by atoms with E-state index in [1.807, 2.05) is 43.3 Å². The second kappa shape index (κ2) is 17.3. The maximum Gasteiger partial charge on any atom is 0.182 e. The predicted octanol–water partition coefficient (Wildman–Crippen LogP) is 5.15. The minimum Gasteiger partial charge on any atom is -0.508 e. The fourth-order valence-corrected chi connectivity index (χ4v) is 3.68. The van der Waals surface area contributed by atoms with Gasteiger partial charge in [0.25, 0.3) is 0 Å². The van der Waals surface area contributed by atoms with Crippen LogP contribution in [0, 0.1) is 0 Å². The van der Waals surface area contributed by atoms with Crippen molar-refractivity contribution >= 4 is 41.8 Å². The van der Waals surface area contributed by atoms with Gasteiger partial charge in [0.1, 0.15) is 36.7 Å². The number of aliphatic imine (C=N–C) groups is 1. The van der Waals surface area contributed by atoms with Crippen LogP contribution >= 0.6 is 0 Å². The zero-order chi connectivity index (χ0) is 31.7. The number of aldehydes is 1. The molecule has 0 amide bonds. The molecule has 3 aromatic rings. The van der Waals surface area contributed by atoms with Gasteiger partial charge >= 0.3 is 0 Å². The maximum atomic E-state index is 12.2. The van der Waals surface area contributed by atoms with Crippen molar-refractivity contribution < 1.29 is 28.9 Å². The van der Waals surface area contributed by atoms with Crippen LogP contribution in [0.25, 0.3) is 12.2 Å². The van der Waals surface area contributed by atoms with Gasteiger partial charge in [0, 0.05) is 37.6 Å². The first-order chi connectivity index (χ1) is 21.3. The second-order valence-corrected chi connectivity index (χ2v) is 9.51. The molecular weight excluding hydrogens is 560 g/mol. The van der Waals surface area contributed by atoms with E-state index in [2.05, 4.69) is 10.1 Å². The van der Waals surface area contributed by atoms with Crippen molar-refractivity contribution in [3.05, 3.63) is 107 Å². The summed E-state index contributed by atoms with van der Waals surface area (Å²) in [6, 6.07) is 19.7. The number of aliphatic hydroxyl groups is 1. The summed E-state index contributed by atoms with van der Waals surface area (Å²) in [5, 5.41) is 13.9. The molecule has 0 radical (unpaired) electrons. The van der Waals surface area contributed by atoms with Gasteiger partial charge in [-0.3, -0.25) is 14.6 Å². The molecule has 0 aliphatic rings. The third kappa shape index (κ3) is 11.0. The number of rotatable bonds is 16. The summed E-state index contributed by atoms with van der Waals surface area (Å²) in [5.74, 6) is 6.51. The van der Waals surface area contributed by atoms with Gasteiger partial charge in [0.15, 0.2) is 17.3 Å². The van der Waals surface area contributed by atoms with Crippen LogP contribution in [0.3, 0.4) is 0 Å². The lowest BCUT2D eigenvalue weighted by molar-refractivity contribution is -0.110. The first-order valence-electron chi connectivity index (χ1n) is 13.6. The fourth-order valence-electron chi connectivity index (χ4n) is 3.68. The van der Waals surface area contributed by atoms with Crippen LogP contribution in [0.2, 0.25) is 0 Å². The molecule has 3 N–H and O–H groups in total. The molecule has 10 nitrogen and oxygen atoms in total. The lowest BCUT2D eigenvalue weighted by atomic mass is 10.1. The summed E-state index contributed by atoms with van der Waals surface area (Å²) in [5.41, 5.74) is 3.64. The number of anilines is 1. The van der Waals surface area contributed by atoms with Crippen LogP contribution in [-0.4, -0.2) is 70.1 Å². The van der Waals surface area contributed by atoms with E-state index in [4.69, 9.17) is 20.1 Å². The Kier molecular flexibility index (Phi) is 13.0. The van der Waals surface area contributed by atoms with Gasteiger partial charge < -0.3 is 30.1 Å². The van der Waals surface area contributed by atoms with Gasteiger partial charge in [-0.05, 0) is 71.8 Å². The topological polar surface area (TPSA) is 136 Å². The Morgan fingerprint density at radius 2 is 1.59 bits per heavy atom. The zero-order valence-corrected chi connectivity index (χ0v) is 24.9. The first-order valence-corrected chi connectivity index (χ1v) is 13.6. The molecule has 0 spiro atoms. The number of hydrogen-bond acceptors (Lipinski definition) is 10. The van der Waals surface area contributed by atoms with E-state index in [-0.39, 0.29) is 18.1 Å². The van der Waals surface area contributed by atoms with Crippen LogP contribution in [0.15, 0.2) is 101 Å². The highest BCUT2D eigenvalue weighted by atomic mass is 16.5. The highest BCUT2D eigenvalue weighted by Gasteiger charge is 2.07. The minimum absolute atomic E-state index is 0.0541. The monoisotopic (exact) mass is 596 g/mol. The fraction of sp³-hybridized carbons (Fsp3) is 0.176. The van der Waals surface area contributed by atoms with Crippen LogP contribution in [0.4, 0.5) is 5.69 Å². The predicted molar refractivity (Wildman–Crippen MR) is 175 cm³/mol. The number of nitrogens with zero attached hydrogens (tertiary/aromatic N) is 3. The number of nitrogens with two attached hydrogens (primary N) is 1. The molecule has 0 aliphatic heterocycles. The number of carbonyl (C=O) groups excluding carboxylic acids is 2. The summed E-state index contributed by atoms with van der Waals surface area (Å²) in [4.78, 5) is 29.2. The van der Waals surface area contributed by atoms with Crippen LogP contribution in [0.5, 0.6) is 17.2 Å². The second-order valence-electron chi connectivity index (χ2n) is 9.51. The Bertz CT molecular complexity index is 1540. The Labute approximate surface area is 257 Å². The molecule has 0 unspecified atom stereocenters. The van der Waals surface area contributed by atoms with Crippen LogP contribution in [0.1, 0.15) is 21.5 Å². The molecule has 10 heteroatoms.